The lowest BCUT2D eigenvalue weighted by molar-refractivity contribution is -0.132. The van der Waals surface area contributed by atoms with E-state index in [-0.39, 0.29) is 22.5 Å². The first kappa shape index (κ1) is 12.9. The zero-order chi connectivity index (χ0) is 13.4. The summed E-state index contributed by atoms with van der Waals surface area (Å²) in [6.07, 6.45) is 1.64. The lowest BCUT2D eigenvalue weighted by Crippen LogP contribution is -2.52. The van der Waals surface area contributed by atoms with Crippen LogP contribution in [0.25, 0.3) is 6.08 Å². The monoisotopic (exact) mass is 280 g/mol. The summed E-state index contributed by atoms with van der Waals surface area (Å²) in [6, 6.07) is 1.95. The van der Waals surface area contributed by atoms with Gasteiger partial charge in [-0.15, -0.1) is 11.3 Å². The minimum atomic E-state index is -0.351. The first-order valence-electron chi connectivity index (χ1n) is 5.29. The summed E-state index contributed by atoms with van der Waals surface area (Å²) in [7, 11) is 3.14. The molecule has 2 heterocycles. The highest BCUT2D eigenvalue weighted by molar-refractivity contribution is 7.80. The summed E-state index contributed by atoms with van der Waals surface area (Å²) >= 11 is 6.52. The first-order valence-corrected chi connectivity index (χ1v) is 6.58. The molecule has 0 aliphatic carbocycles. The predicted octanol–water partition coefficient (Wildman–Crippen LogP) is 1.66. The van der Waals surface area contributed by atoms with Crippen molar-refractivity contribution in [3.8, 4) is 0 Å². The number of thiocarbonyl (C=S) groups is 1. The molecular weight excluding hydrogens is 268 g/mol. The van der Waals surface area contributed by atoms with Crippen molar-refractivity contribution in [2.45, 2.75) is 6.92 Å². The second-order valence-corrected chi connectivity index (χ2v) is 5.35. The van der Waals surface area contributed by atoms with E-state index in [2.05, 4.69) is 0 Å². The van der Waals surface area contributed by atoms with Crippen molar-refractivity contribution in [3.63, 3.8) is 0 Å². The zero-order valence-electron chi connectivity index (χ0n) is 10.3. The molecule has 0 N–H and O–H groups in total. The van der Waals surface area contributed by atoms with E-state index in [1.807, 2.05) is 18.4 Å². The Morgan fingerprint density at radius 3 is 2.22 bits per heavy atom. The number of nitrogens with zero attached hydrogens (tertiary/aromatic N) is 2. The molecule has 1 aromatic rings. The molecule has 1 fully saturated rings. The van der Waals surface area contributed by atoms with Crippen molar-refractivity contribution < 1.29 is 9.59 Å². The van der Waals surface area contributed by atoms with E-state index in [1.165, 1.54) is 21.1 Å². The van der Waals surface area contributed by atoms with Gasteiger partial charge in [-0.25, -0.2) is 0 Å². The fourth-order valence-electron chi connectivity index (χ4n) is 1.64. The number of likely N-dealkylation sites (N-methyl/N-ethyl adjacent to an activating group) is 2. The van der Waals surface area contributed by atoms with Crippen LogP contribution >= 0.6 is 23.6 Å². The van der Waals surface area contributed by atoms with Crippen LogP contribution in [0.2, 0.25) is 0 Å². The van der Waals surface area contributed by atoms with Crippen molar-refractivity contribution >= 4 is 46.6 Å². The lowest BCUT2D eigenvalue weighted by atomic mass is 10.1. The van der Waals surface area contributed by atoms with Gasteiger partial charge in [0.1, 0.15) is 5.57 Å². The molecule has 2 rings (SSSR count). The van der Waals surface area contributed by atoms with Crippen molar-refractivity contribution in [2.24, 2.45) is 0 Å². The van der Waals surface area contributed by atoms with E-state index in [9.17, 15) is 9.59 Å². The zero-order valence-corrected chi connectivity index (χ0v) is 11.9. The number of amides is 2. The van der Waals surface area contributed by atoms with Crippen LogP contribution in [0, 0.1) is 6.92 Å². The molecule has 2 amide bonds. The Hall–Kier alpha value is -1.53. The smallest absolute Gasteiger partial charge is 0.265 e. The topological polar surface area (TPSA) is 40.6 Å². The van der Waals surface area contributed by atoms with Gasteiger partial charge in [-0.1, -0.05) is 0 Å². The highest BCUT2D eigenvalue weighted by Crippen LogP contribution is 2.23. The van der Waals surface area contributed by atoms with E-state index >= 15 is 0 Å². The van der Waals surface area contributed by atoms with E-state index in [0.29, 0.717) is 0 Å². The molecule has 94 valence electrons. The van der Waals surface area contributed by atoms with Crippen LogP contribution in [-0.2, 0) is 9.59 Å². The summed E-state index contributed by atoms with van der Waals surface area (Å²) in [5, 5.41) is 2.16. The Kier molecular flexibility index (Phi) is 3.32. The highest BCUT2D eigenvalue weighted by Gasteiger charge is 2.35. The van der Waals surface area contributed by atoms with Crippen LogP contribution in [0.4, 0.5) is 0 Å². The molecular formula is C12H12N2O2S2. The molecule has 4 nitrogen and oxygen atoms in total. The second kappa shape index (κ2) is 4.62. The van der Waals surface area contributed by atoms with Gasteiger partial charge >= 0.3 is 0 Å². The first-order chi connectivity index (χ1) is 8.43. The summed E-state index contributed by atoms with van der Waals surface area (Å²) in [5.41, 5.74) is 1.20. The Labute approximate surface area is 114 Å². The Balaban J connectivity index is 2.47. The average Bonchev–Trinajstić information content (AvgIpc) is 2.75. The van der Waals surface area contributed by atoms with Gasteiger partial charge in [-0.05, 0) is 42.2 Å². The molecule has 1 saturated heterocycles. The van der Waals surface area contributed by atoms with Crippen molar-refractivity contribution in [1.82, 2.24) is 9.80 Å². The SMILES string of the molecule is Cc1ccsc1C=C1C(=O)N(C)C(=S)N(C)C1=O. The molecule has 0 radical (unpaired) electrons. The summed E-state index contributed by atoms with van der Waals surface area (Å²) in [4.78, 5) is 27.7. The van der Waals surface area contributed by atoms with Crippen LogP contribution in [0.1, 0.15) is 10.4 Å². The maximum Gasteiger partial charge on any atom is 0.265 e. The van der Waals surface area contributed by atoms with Crippen molar-refractivity contribution in [1.29, 1.82) is 0 Å². The fourth-order valence-corrected chi connectivity index (χ4v) is 2.66. The highest BCUT2D eigenvalue weighted by atomic mass is 32.1. The van der Waals surface area contributed by atoms with E-state index in [0.717, 1.165) is 10.4 Å². The minimum Gasteiger partial charge on any atom is -0.288 e. The van der Waals surface area contributed by atoms with E-state index in [1.54, 1.807) is 20.2 Å². The summed E-state index contributed by atoms with van der Waals surface area (Å²) < 4.78 is 0. The molecule has 1 aliphatic heterocycles. The molecule has 6 heteroatoms. The van der Waals surface area contributed by atoms with Crippen LogP contribution in [-0.4, -0.2) is 40.8 Å². The molecule has 0 unspecified atom stereocenters. The molecule has 1 aromatic heterocycles. The standard InChI is InChI=1S/C12H12N2O2S2/c1-7-4-5-18-9(7)6-8-10(15)13(2)12(17)14(3)11(8)16/h4-6H,1-3H3. The van der Waals surface area contributed by atoms with E-state index < -0.39 is 0 Å². The Bertz CT molecular complexity index is 548. The van der Waals surface area contributed by atoms with Gasteiger partial charge in [0.25, 0.3) is 11.8 Å². The minimum absolute atomic E-state index is 0.152. The van der Waals surface area contributed by atoms with Gasteiger partial charge in [0.05, 0.1) is 0 Å². The third-order valence-electron chi connectivity index (χ3n) is 2.82. The summed E-state index contributed by atoms with van der Waals surface area (Å²) in [6.45, 7) is 1.94. The number of aryl methyl sites for hydroxylation is 1. The largest absolute Gasteiger partial charge is 0.288 e. The molecule has 0 atom stereocenters. The molecule has 1 aliphatic rings. The van der Waals surface area contributed by atoms with Crippen LogP contribution in [0.5, 0.6) is 0 Å². The molecule has 0 spiro atoms. The number of hydrogen-bond acceptors (Lipinski definition) is 4. The molecule has 0 bridgehead atoms. The van der Waals surface area contributed by atoms with Crippen molar-refractivity contribution in [2.75, 3.05) is 14.1 Å². The van der Waals surface area contributed by atoms with Crippen LogP contribution in [0.15, 0.2) is 17.0 Å². The normalized spacial score (nSPS) is 16.6. The Morgan fingerprint density at radius 1 is 1.22 bits per heavy atom. The fraction of sp³-hybridized carbons (Fsp3) is 0.250. The lowest BCUT2D eigenvalue weighted by Gasteiger charge is -2.31. The van der Waals surface area contributed by atoms with Gasteiger partial charge in [0.2, 0.25) is 0 Å². The number of thiophene rings is 1. The van der Waals surface area contributed by atoms with E-state index in [4.69, 9.17) is 12.2 Å². The summed E-state index contributed by atoms with van der Waals surface area (Å²) in [5.74, 6) is -0.702. The van der Waals surface area contributed by atoms with Gasteiger partial charge in [-0.3, -0.25) is 19.4 Å². The Morgan fingerprint density at radius 2 is 1.78 bits per heavy atom. The number of hydrogen-bond donors (Lipinski definition) is 0. The third kappa shape index (κ3) is 1.97. The number of rotatable bonds is 1. The third-order valence-corrected chi connectivity index (χ3v) is 4.33. The van der Waals surface area contributed by atoms with Crippen molar-refractivity contribution in [3.05, 3.63) is 27.5 Å². The quantitative estimate of drug-likeness (QED) is 0.446. The maximum absolute atomic E-state index is 12.1. The molecule has 18 heavy (non-hydrogen) atoms. The van der Waals surface area contributed by atoms with Gasteiger partial charge in [-0.2, -0.15) is 0 Å². The van der Waals surface area contributed by atoms with Gasteiger partial charge in [0, 0.05) is 19.0 Å². The predicted molar refractivity (Wildman–Crippen MR) is 75.2 cm³/mol. The molecule has 0 saturated carbocycles. The van der Waals surface area contributed by atoms with Crippen LogP contribution in [0.3, 0.4) is 0 Å². The number of carbonyl (C=O) groups excluding carboxylic acids is 2. The van der Waals surface area contributed by atoms with Gasteiger partial charge in [0.15, 0.2) is 5.11 Å². The molecule has 0 aromatic carbocycles. The number of carbonyl (C=O) groups is 2. The average molecular weight is 280 g/mol. The van der Waals surface area contributed by atoms with Crippen LogP contribution < -0.4 is 0 Å². The second-order valence-electron chi connectivity index (χ2n) is 4.04. The van der Waals surface area contributed by atoms with Gasteiger partial charge < -0.3 is 0 Å². The maximum atomic E-state index is 12.1.